The van der Waals surface area contributed by atoms with Crippen molar-refractivity contribution in [3.63, 3.8) is 0 Å². The van der Waals surface area contributed by atoms with Crippen LogP contribution in [0.3, 0.4) is 0 Å². The summed E-state index contributed by atoms with van der Waals surface area (Å²) >= 11 is 0. The number of amides is 1. The molecule has 0 atom stereocenters. The maximum absolute atomic E-state index is 10.6. The Morgan fingerprint density at radius 1 is 1.75 bits per heavy atom. The number of likely N-dealkylation sites (tertiary alicyclic amines) is 1. The van der Waals surface area contributed by atoms with Crippen molar-refractivity contribution in [2.45, 2.75) is 12.8 Å². The molecule has 8 heavy (non-hydrogen) atoms. The summed E-state index contributed by atoms with van der Waals surface area (Å²) < 4.78 is 0. The van der Waals surface area contributed by atoms with Crippen molar-refractivity contribution in [2.75, 3.05) is 6.54 Å². The first kappa shape index (κ1) is 5.17. The highest BCUT2D eigenvalue weighted by atomic mass is 16.2. The topological polar surface area (TPSA) is 20.3 Å². The first-order valence-electron chi connectivity index (χ1n) is 2.61. The summed E-state index contributed by atoms with van der Waals surface area (Å²) in [6.07, 6.45) is 6.53. The summed E-state index contributed by atoms with van der Waals surface area (Å²) in [6, 6.07) is 2.30. The van der Waals surface area contributed by atoms with E-state index in [1.54, 1.807) is 0 Å². The van der Waals surface area contributed by atoms with Crippen molar-refractivity contribution in [1.29, 1.82) is 0 Å². The molecule has 0 radical (unpaired) electrons. The van der Waals surface area contributed by atoms with Gasteiger partial charge >= 0.3 is 0 Å². The van der Waals surface area contributed by atoms with Crippen LogP contribution in [-0.2, 0) is 4.79 Å². The van der Waals surface area contributed by atoms with Gasteiger partial charge in [-0.15, -0.1) is 0 Å². The molecule has 0 aliphatic carbocycles. The molecule has 1 fully saturated rings. The molecule has 0 aromatic carbocycles. The monoisotopic (exact) mass is 109 g/mol. The molecular formula is C6H7NO. The maximum Gasteiger partial charge on any atom is 0.234 e. The fourth-order valence-corrected chi connectivity index (χ4v) is 0.785. The number of nitrogens with zero attached hydrogens (tertiary/aromatic N) is 1. The molecule has 1 saturated heterocycles. The average Bonchev–Trinajstić information content (AvgIpc) is 2.14. The van der Waals surface area contributed by atoms with Gasteiger partial charge in [-0.2, -0.15) is 0 Å². The van der Waals surface area contributed by atoms with Gasteiger partial charge in [0, 0.05) is 19.0 Å². The molecule has 2 nitrogen and oxygen atoms in total. The predicted octanol–water partition coefficient (Wildman–Crippen LogP) is 0.200. The van der Waals surface area contributed by atoms with Crippen LogP contribution in [0, 0.1) is 12.5 Å². The molecule has 0 aromatic heterocycles. The third-order valence-corrected chi connectivity index (χ3v) is 1.23. The minimum absolute atomic E-state index is 0.0903. The van der Waals surface area contributed by atoms with Crippen LogP contribution in [0.25, 0.3) is 0 Å². The van der Waals surface area contributed by atoms with Crippen LogP contribution in [0.1, 0.15) is 12.8 Å². The smallest absolute Gasteiger partial charge is 0.234 e. The van der Waals surface area contributed by atoms with Crippen LogP contribution >= 0.6 is 0 Å². The molecule has 1 rings (SSSR count). The highest BCUT2D eigenvalue weighted by Gasteiger charge is 2.16. The van der Waals surface area contributed by atoms with Crippen molar-refractivity contribution >= 4 is 5.91 Å². The zero-order valence-corrected chi connectivity index (χ0v) is 4.55. The molecule has 1 aliphatic rings. The quantitative estimate of drug-likeness (QED) is 0.407. The lowest BCUT2D eigenvalue weighted by atomic mass is 10.4. The zero-order valence-electron chi connectivity index (χ0n) is 4.55. The minimum atomic E-state index is 0.0903. The van der Waals surface area contributed by atoms with E-state index in [1.165, 1.54) is 4.90 Å². The highest BCUT2D eigenvalue weighted by Crippen LogP contribution is 2.06. The number of carbonyl (C=O) groups is 1. The van der Waals surface area contributed by atoms with E-state index in [1.807, 2.05) is 0 Å². The van der Waals surface area contributed by atoms with Crippen molar-refractivity contribution < 1.29 is 4.79 Å². The van der Waals surface area contributed by atoms with Gasteiger partial charge in [-0.25, -0.2) is 0 Å². The Labute approximate surface area is 48.5 Å². The van der Waals surface area contributed by atoms with E-state index in [2.05, 4.69) is 6.04 Å². The lowest BCUT2D eigenvalue weighted by Gasteiger charge is -2.01. The Balaban J connectivity index is 2.58. The zero-order chi connectivity index (χ0) is 5.98. The lowest BCUT2D eigenvalue weighted by molar-refractivity contribution is -0.124. The van der Waals surface area contributed by atoms with E-state index in [0.717, 1.165) is 13.0 Å². The molecule has 0 spiro atoms. The van der Waals surface area contributed by atoms with E-state index >= 15 is 0 Å². The second-order valence-electron chi connectivity index (χ2n) is 1.78. The molecule has 0 saturated carbocycles. The van der Waals surface area contributed by atoms with Crippen LogP contribution in [0.2, 0.25) is 0 Å². The van der Waals surface area contributed by atoms with Gasteiger partial charge in [-0.1, -0.05) is 6.42 Å². The summed E-state index contributed by atoms with van der Waals surface area (Å²) in [7, 11) is 0. The highest BCUT2D eigenvalue weighted by molar-refractivity contribution is 5.79. The van der Waals surface area contributed by atoms with E-state index < -0.39 is 0 Å². The summed E-state index contributed by atoms with van der Waals surface area (Å²) in [5.41, 5.74) is 0. The number of rotatable bonds is 0. The maximum atomic E-state index is 10.6. The molecule has 1 aliphatic heterocycles. The molecule has 0 bridgehead atoms. The van der Waals surface area contributed by atoms with Gasteiger partial charge in [0.1, 0.15) is 0 Å². The van der Waals surface area contributed by atoms with E-state index in [0.29, 0.717) is 6.42 Å². The van der Waals surface area contributed by atoms with E-state index in [-0.39, 0.29) is 5.91 Å². The van der Waals surface area contributed by atoms with Gasteiger partial charge in [-0.3, -0.25) is 9.69 Å². The van der Waals surface area contributed by atoms with Gasteiger partial charge < -0.3 is 0 Å². The van der Waals surface area contributed by atoms with Crippen LogP contribution in [0.15, 0.2) is 0 Å². The summed E-state index contributed by atoms with van der Waals surface area (Å²) in [6.45, 7) is 0.745. The van der Waals surface area contributed by atoms with Crippen molar-refractivity contribution in [2.24, 2.45) is 0 Å². The number of carbonyl (C=O) groups excluding carboxylic acids is 1. The Hall–Kier alpha value is -0.970. The Kier molecular flexibility index (Phi) is 1.21. The molecule has 2 heteroatoms. The molecular weight excluding hydrogens is 102 g/mol. The predicted molar refractivity (Wildman–Crippen MR) is 29.8 cm³/mol. The lowest BCUT2D eigenvalue weighted by Crippen LogP contribution is -2.17. The molecule has 1 amide bonds. The normalized spacial score (nSPS) is 18.9. The minimum Gasteiger partial charge on any atom is -0.274 e. The summed E-state index contributed by atoms with van der Waals surface area (Å²) in [5, 5.41) is 0. The van der Waals surface area contributed by atoms with Gasteiger partial charge in [-0.05, 0) is 6.42 Å². The van der Waals surface area contributed by atoms with Crippen LogP contribution in [0.4, 0.5) is 0 Å². The second-order valence-corrected chi connectivity index (χ2v) is 1.78. The standard InChI is InChI=1S/C6H7NO/c1-2-7-5-3-4-6(7)8/h1H,3-5H2. The van der Waals surface area contributed by atoms with Crippen LogP contribution in [0.5, 0.6) is 0 Å². The second kappa shape index (κ2) is 1.87. The fourth-order valence-electron chi connectivity index (χ4n) is 0.785. The first-order valence-corrected chi connectivity index (χ1v) is 2.61. The van der Waals surface area contributed by atoms with Crippen LogP contribution < -0.4 is 0 Å². The van der Waals surface area contributed by atoms with Gasteiger partial charge in [0.05, 0.1) is 0 Å². The van der Waals surface area contributed by atoms with E-state index in [4.69, 9.17) is 6.42 Å². The fraction of sp³-hybridized carbons (Fsp3) is 0.500. The van der Waals surface area contributed by atoms with Gasteiger partial charge in [0.15, 0.2) is 0 Å². The number of hydrogen-bond acceptors (Lipinski definition) is 1. The van der Waals surface area contributed by atoms with Crippen LogP contribution in [-0.4, -0.2) is 17.4 Å². The molecule has 42 valence electrons. The largest absolute Gasteiger partial charge is 0.274 e. The Morgan fingerprint density at radius 3 is 2.75 bits per heavy atom. The Bertz CT molecular complexity index is 145. The molecule has 0 unspecified atom stereocenters. The molecule has 0 aromatic rings. The molecule has 0 N–H and O–H groups in total. The average molecular weight is 109 g/mol. The summed E-state index contributed by atoms with van der Waals surface area (Å²) in [5.74, 6) is 0.0903. The summed E-state index contributed by atoms with van der Waals surface area (Å²) in [4.78, 5) is 12.0. The van der Waals surface area contributed by atoms with Crippen molar-refractivity contribution in [3.05, 3.63) is 0 Å². The van der Waals surface area contributed by atoms with Crippen molar-refractivity contribution in [1.82, 2.24) is 4.90 Å². The van der Waals surface area contributed by atoms with Gasteiger partial charge in [0.2, 0.25) is 5.91 Å². The first-order chi connectivity index (χ1) is 3.84. The number of hydrogen-bond donors (Lipinski definition) is 0. The molecule has 1 heterocycles. The van der Waals surface area contributed by atoms with Crippen molar-refractivity contribution in [3.8, 4) is 12.5 Å². The van der Waals surface area contributed by atoms with Gasteiger partial charge in [0.25, 0.3) is 0 Å². The SMILES string of the molecule is C#CN1CCCC1=O. The Morgan fingerprint density at radius 2 is 2.50 bits per heavy atom. The third-order valence-electron chi connectivity index (χ3n) is 1.23. The third kappa shape index (κ3) is 0.671. The number of terminal acetylenes is 1. The van der Waals surface area contributed by atoms with E-state index in [9.17, 15) is 4.79 Å².